The molecule has 1 aromatic rings. The zero-order valence-corrected chi connectivity index (χ0v) is 13.1. The zero-order chi connectivity index (χ0) is 14.8. The van der Waals surface area contributed by atoms with Crippen LogP contribution in [0.2, 0.25) is 0 Å². The summed E-state index contributed by atoms with van der Waals surface area (Å²) in [6.45, 7) is 8.01. The summed E-state index contributed by atoms with van der Waals surface area (Å²) in [5, 5.41) is 4.09. The highest BCUT2D eigenvalue weighted by molar-refractivity contribution is 5.84. The van der Waals surface area contributed by atoms with Gasteiger partial charge in [-0.25, -0.2) is 0 Å². The molecule has 0 bridgehead atoms. The third-order valence-electron chi connectivity index (χ3n) is 4.42. The van der Waals surface area contributed by atoms with Gasteiger partial charge in [0.25, 0.3) is 0 Å². The SMILES string of the molecule is CCC1CCC(c2noc(CC(=O)C(C)(C)C)n2)CC1. The van der Waals surface area contributed by atoms with Gasteiger partial charge in [0.2, 0.25) is 5.89 Å². The maximum atomic E-state index is 12.0. The van der Waals surface area contributed by atoms with Crippen LogP contribution in [0.1, 0.15) is 77.4 Å². The Morgan fingerprint density at radius 1 is 1.25 bits per heavy atom. The third kappa shape index (κ3) is 3.68. The summed E-state index contributed by atoms with van der Waals surface area (Å²) in [4.78, 5) is 16.4. The van der Waals surface area contributed by atoms with Crippen molar-refractivity contribution in [2.45, 2.75) is 72.1 Å². The van der Waals surface area contributed by atoms with Gasteiger partial charge in [0.05, 0.1) is 6.42 Å². The molecule has 1 aliphatic carbocycles. The van der Waals surface area contributed by atoms with Gasteiger partial charge >= 0.3 is 0 Å². The van der Waals surface area contributed by atoms with Crippen molar-refractivity contribution in [2.24, 2.45) is 11.3 Å². The first-order chi connectivity index (χ1) is 9.40. The van der Waals surface area contributed by atoms with Gasteiger partial charge in [-0.1, -0.05) is 39.3 Å². The number of hydrogen-bond donors (Lipinski definition) is 0. The molecule has 0 atom stereocenters. The van der Waals surface area contributed by atoms with E-state index in [2.05, 4.69) is 17.1 Å². The predicted octanol–water partition coefficient (Wildman–Crippen LogP) is 3.91. The summed E-state index contributed by atoms with van der Waals surface area (Å²) in [6, 6.07) is 0. The summed E-state index contributed by atoms with van der Waals surface area (Å²) >= 11 is 0. The van der Waals surface area contributed by atoms with Crippen molar-refractivity contribution in [3.63, 3.8) is 0 Å². The lowest BCUT2D eigenvalue weighted by Gasteiger charge is -2.25. The first-order valence-corrected chi connectivity index (χ1v) is 7.76. The van der Waals surface area contributed by atoms with Crippen LogP contribution in [0, 0.1) is 11.3 Å². The lowest BCUT2D eigenvalue weighted by atomic mass is 9.80. The minimum Gasteiger partial charge on any atom is -0.339 e. The molecule has 0 radical (unpaired) electrons. The Morgan fingerprint density at radius 2 is 1.90 bits per heavy atom. The number of carbonyl (C=O) groups excluding carboxylic acids is 1. The summed E-state index contributed by atoms with van der Waals surface area (Å²) < 4.78 is 5.25. The zero-order valence-electron chi connectivity index (χ0n) is 13.1. The van der Waals surface area contributed by atoms with E-state index in [1.54, 1.807) is 0 Å². The lowest BCUT2D eigenvalue weighted by molar-refractivity contribution is -0.125. The molecular formula is C16H26N2O2. The summed E-state index contributed by atoms with van der Waals surface area (Å²) in [7, 11) is 0. The van der Waals surface area contributed by atoms with Gasteiger partial charge in [0.1, 0.15) is 5.78 Å². The minimum atomic E-state index is -0.353. The van der Waals surface area contributed by atoms with Crippen molar-refractivity contribution in [3.05, 3.63) is 11.7 Å². The molecule has 4 heteroatoms. The van der Waals surface area contributed by atoms with E-state index < -0.39 is 0 Å². The Labute approximate surface area is 121 Å². The molecule has 1 aliphatic rings. The Hall–Kier alpha value is -1.19. The molecule has 0 saturated heterocycles. The molecule has 4 nitrogen and oxygen atoms in total. The quantitative estimate of drug-likeness (QED) is 0.837. The van der Waals surface area contributed by atoms with E-state index in [0.717, 1.165) is 24.6 Å². The van der Waals surface area contributed by atoms with Gasteiger partial charge in [0, 0.05) is 11.3 Å². The smallest absolute Gasteiger partial charge is 0.234 e. The van der Waals surface area contributed by atoms with E-state index in [1.165, 1.54) is 19.3 Å². The van der Waals surface area contributed by atoms with E-state index in [9.17, 15) is 4.79 Å². The van der Waals surface area contributed by atoms with Crippen LogP contribution in [0.5, 0.6) is 0 Å². The second kappa shape index (κ2) is 6.06. The predicted molar refractivity (Wildman–Crippen MR) is 77.5 cm³/mol. The van der Waals surface area contributed by atoms with Crippen LogP contribution in [0.25, 0.3) is 0 Å². The monoisotopic (exact) mass is 278 g/mol. The van der Waals surface area contributed by atoms with Crippen LogP contribution in [-0.2, 0) is 11.2 Å². The maximum absolute atomic E-state index is 12.0. The van der Waals surface area contributed by atoms with Crippen LogP contribution >= 0.6 is 0 Å². The van der Waals surface area contributed by atoms with Gasteiger partial charge in [0.15, 0.2) is 5.82 Å². The molecule has 0 unspecified atom stereocenters. The first kappa shape index (κ1) is 15.2. The highest BCUT2D eigenvalue weighted by Gasteiger charge is 2.27. The van der Waals surface area contributed by atoms with Crippen molar-refractivity contribution >= 4 is 5.78 Å². The number of ketones is 1. The molecule has 1 heterocycles. The first-order valence-electron chi connectivity index (χ1n) is 7.76. The van der Waals surface area contributed by atoms with E-state index in [0.29, 0.717) is 11.8 Å². The summed E-state index contributed by atoms with van der Waals surface area (Å²) in [6.07, 6.45) is 6.32. The highest BCUT2D eigenvalue weighted by Crippen LogP contribution is 2.35. The molecular weight excluding hydrogens is 252 g/mol. The van der Waals surface area contributed by atoms with Crippen LogP contribution in [0.4, 0.5) is 0 Å². The molecule has 0 spiro atoms. The van der Waals surface area contributed by atoms with Crippen LogP contribution in [0.15, 0.2) is 4.52 Å². The lowest BCUT2D eigenvalue weighted by Crippen LogP contribution is -2.22. The second-order valence-corrected chi connectivity index (χ2v) is 7.02. The number of carbonyl (C=O) groups is 1. The van der Waals surface area contributed by atoms with Crippen LogP contribution in [0.3, 0.4) is 0 Å². The Balaban J connectivity index is 1.94. The van der Waals surface area contributed by atoms with E-state index in [4.69, 9.17) is 4.52 Å². The Kier molecular flexibility index (Phi) is 4.61. The molecule has 0 aliphatic heterocycles. The van der Waals surface area contributed by atoms with Crippen molar-refractivity contribution < 1.29 is 9.32 Å². The van der Waals surface area contributed by atoms with Crippen LogP contribution in [-0.4, -0.2) is 15.9 Å². The molecule has 20 heavy (non-hydrogen) atoms. The highest BCUT2D eigenvalue weighted by atomic mass is 16.5. The molecule has 1 aromatic heterocycles. The van der Waals surface area contributed by atoms with E-state index >= 15 is 0 Å². The van der Waals surface area contributed by atoms with Crippen molar-refractivity contribution in [1.82, 2.24) is 10.1 Å². The Morgan fingerprint density at radius 3 is 2.45 bits per heavy atom. The average molecular weight is 278 g/mol. The molecule has 1 saturated carbocycles. The summed E-state index contributed by atoms with van der Waals surface area (Å²) in [5.74, 6) is 2.69. The summed E-state index contributed by atoms with van der Waals surface area (Å²) in [5.41, 5.74) is -0.353. The molecule has 2 rings (SSSR count). The van der Waals surface area contributed by atoms with Crippen LogP contribution < -0.4 is 0 Å². The van der Waals surface area contributed by atoms with Gasteiger partial charge in [-0.05, 0) is 31.6 Å². The number of aromatic nitrogens is 2. The van der Waals surface area contributed by atoms with E-state index in [1.807, 2.05) is 20.8 Å². The number of rotatable bonds is 4. The fourth-order valence-corrected chi connectivity index (χ4v) is 2.74. The van der Waals surface area contributed by atoms with Gasteiger partial charge < -0.3 is 4.52 Å². The van der Waals surface area contributed by atoms with Crippen molar-refractivity contribution in [2.75, 3.05) is 0 Å². The Bertz CT molecular complexity index is 451. The topological polar surface area (TPSA) is 56.0 Å². The standard InChI is InChI=1S/C16H26N2O2/c1-5-11-6-8-12(9-7-11)15-17-14(20-18-15)10-13(19)16(2,3)4/h11-12H,5-10H2,1-4H3. The second-order valence-electron chi connectivity index (χ2n) is 7.02. The minimum absolute atomic E-state index is 0.141. The van der Waals surface area contributed by atoms with Gasteiger partial charge in [-0.2, -0.15) is 4.98 Å². The fraction of sp³-hybridized carbons (Fsp3) is 0.812. The van der Waals surface area contributed by atoms with Gasteiger partial charge in [-0.3, -0.25) is 4.79 Å². The number of hydrogen-bond acceptors (Lipinski definition) is 4. The number of Topliss-reactive ketones (excluding diaryl/α,β-unsaturated/α-hetero) is 1. The normalized spacial score (nSPS) is 23.8. The molecule has 0 aromatic carbocycles. The maximum Gasteiger partial charge on any atom is 0.234 e. The molecule has 0 amide bonds. The fourth-order valence-electron chi connectivity index (χ4n) is 2.74. The van der Waals surface area contributed by atoms with Crippen molar-refractivity contribution in [1.29, 1.82) is 0 Å². The largest absolute Gasteiger partial charge is 0.339 e. The third-order valence-corrected chi connectivity index (χ3v) is 4.42. The number of nitrogens with zero attached hydrogens (tertiary/aromatic N) is 2. The van der Waals surface area contributed by atoms with Crippen molar-refractivity contribution in [3.8, 4) is 0 Å². The average Bonchev–Trinajstić information content (AvgIpc) is 2.86. The van der Waals surface area contributed by atoms with Gasteiger partial charge in [-0.15, -0.1) is 0 Å². The molecule has 1 fully saturated rings. The van der Waals surface area contributed by atoms with E-state index in [-0.39, 0.29) is 17.6 Å². The molecule has 112 valence electrons. The molecule has 0 N–H and O–H groups in total.